The minimum absolute atomic E-state index is 0.0395. The third-order valence-corrected chi connectivity index (χ3v) is 7.59. The van der Waals surface area contributed by atoms with Gasteiger partial charge in [-0.2, -0.15) is 0 Å². The zero-order valence-electron chi connectivity index (χ0n) is 19.8. The van der Waals surface area contributed by atoms with E-state index in [4.69, 9.17) is 4.74 Å². The van der Waals surface area contributed by atoms with Gasteiger partial charge in [0.2, 0.25) is 0 Å². The highest BCUT2D eigenvalue weighted by molar-refractivity contribution is 7.22. The van der Waals surface area contributed by atoms with Crippen molar-refractivity contribution in [3.63, 3.8) is 0 Å². The number of aliphatic hydroxyl groups excluding tert-OH is 1. The van der Waals surface area contributed by atoms with E-state index >= 15 is 0 Å². The van der Waals surface area contributed by atoms with Crippen molar-refractivity contribution in [3.8, 4) is 11.5 Å². The predicted octanol–water partition coefficient (Wildman–Crippen LogP) is 4.74. The van der Waals surface area contributed by atoms with Gasteiger partial charge in [-0.15, -0.1) is 0 Å². The molecule has 0 aliphatic carbocycles. The number of fused-ring (bicyclic) bond motifs is 2. The molecule has 38 heavy (non-hydrogen) atoms. The van der Waals surface area contributed by atoms with Crippen LogP contribution >= 0.6 is 11.3 Å². The van der Waals surface area contributed by atoms with Gasteiger partial charge in [0.05, 0.1) is 28.5 Å². The summed E-state index contributed by atoms with van der Waals surface area (Å²) >= 11 is 0.844. The summed E-state index contributed by atoms with van der Waals surface area (Å²) in [6.45, 7) is 1.14. The fourth-order valence-corrected chi connectivity index (χ4v) is 5.74. The van der Waals surface area contributed by atoms with Gasteiger partial charge >= 0.3 is 5.91 Å². The van der Waals surface area contributed by atoms with Gasteiger partial charge in [0.1, 0.15) is 35.2 Å². The van der Waals surface area contributed by atoms with Crippen LogP contribution in [0, 0.1) is 11.6 Å². The van der Waals surface area contributed by atoms with E-state index in [9.17, 15) is 28.6 Å². The number of rotatable bonds is 3. The Labute approximate surface area is 218 Å². The van der Waals surface area contributed by atoms with Crippen LogP contribution in [0.4, 0.5) is 19.6 Å². The Morgan fingerprint density at radius 1 is 1.11 bits per heavy atom. The van der Waals surface area contributed by atoms with Gasteiger partial charge in [0.25, 0.3) is 5.78 Å². The van der Waals surface area contributed by atoms with Crippen LogP contribution < -0.4 is 14.5 Å². The van der Waals surface area contributed by atoms with Crippen molar-refractivity contribution in [2.24, 2.45) is 0 Å². The maximum atomic E-state index is 14.4. The molecule has 1 unspecified atom stereocenters. The molecule has 4 aromatic rings. The lowest BCUT2D eigenvalue weighted by atomic mass is 9.95. The van der Waals surface area contributed by atoms with Gasteiger partial charge in [0.15, 0.2) is 10.9 Å². The molecule has 1 aromatic heterocycles. The molecule has 2 aliphatic heterocycles. The number of aromatic nitrogens is 1. The molecule has 2 aliphatic rings. The van der Waals surface area contributed by atoms with Crippen molar-refractivity contribution in [2.75, 3.05) is 30.0 Å². The maximum absolute atomic E-state index is 14.4. The maximum Gasteiger partial charge on any atom is 0.301 e. The number of benzene rings is 3. The summed E-state index contributed by atoms with van der Waals surface area (Å²) in [4.78, 5) is 34.0. The molecule has 1 atom stereocenters. The van der Waals surface area contributed by atoms with E-state index < -0.39 is 35.1 Å². The second-order valence-electron chi connectivity index (χ2n) is 8.94. The lowest BCUT2D eigenvalue weighted by Gasteiger charge is -2.28. The molecular formula is C27H19F2N3O5S. The van der Waals surface area contributed by atoms with Crippen molar-refractivity contribution < 1.29 is 33.3 Å². The first-order chi connectivity index (χ1) is 18.2. The van der Waals surface area contributed by atoms with E-state index in [-0.39, 0.29) is 26.7 Å². The molecule has 0 spiro atoms. The quantitative estimate of drug-likeness (QED) is 0.222. The summed E-state index contributed by atoms with van der Waals surface area (Å²) in [6.07, 6.45) is 0. The number of hydrogen-bond donors (Lipinski definition) is 2. The minimum Gasteiger partial charge on any atom is -0.508 e. The zero-order valence-corrected chi connectivity index (χ0v) is 20.6. The van der Waals surface area contributed by atoms with Crippen LogP contribution in [0.25, 0.3) is 16.0 Å². The Bertz CT molecular complexity index is 1670. The number of carbonyl (C=O) groups excluding carboxylic acids is 2. The lowest BCUT2D eigenvalue weighted by molar-refractivity contribution is -0.132. The molecule has 192 valence electrons. The van der Waals surface area contributed by atoms with Crippen LogP contribution in [-0.2, 0) is 9.59 Å². The number of thiazole rings is 1. The molecule has 6 rings (SSSR count). The Morgan fingerprint density at radius 2 is 1.87 bits per heavy atom. The number of halogens is 2. The summed E-state index contributed by atoms with van der Waals surface area (Å²) in [5.74, 6) is -3.49. The van der Waals surface area contributed by atoms with Crippen molar-refractivity contribution in [1.82, 2.24) is 4.98 Å². The molecule has 1 saturated heterocycles. The summed E-state index contributed by atoms with van der Waals surface area (Å²) < 4.78 is 34.1. The Hall–Kier alpha value is -4.51. The molecule has 8 nitrogen and oxygen atoms in total. The monoisotopic (exact) mass is 535 g/mol. The van der Waals surface area contributed by atoms with E-state index in [1.807, 2.05) is 11.9 Å². The molecule has 2 N–H and O–H groups in total. The smallest absolute Gasteiger partial charge is 0.301 e. The highest BCUT2D eigenvalue weighted by atomic mass is 32.1. The average molecular weight is 536 g/mol. The average Bonchev–Trinajstić information content (AvgIpc) is 3.43. The molecular weight excluding hydrogens is 516 g/mol. The van der Waals surface area contributed by atoms with Crippen LogP contribution in [0.3, 0.4) is 0 Å². The Morgan fingerprint density at radius 3 is 2.63 bits per heavy atom. The van der Waals surface area contributed by atoms with E-state index in [0.717, 1.165) is 22.3 Å². The molecule has 1 amide bonds. The summed E-state index contributed by atoms with van der Waals surface area (Å²) in [7, 11) is 1.87. The highest BCUT2D eigenvalue weighted by Crippen LogP contribution is 2.45. The van der Waals surface area contributed by atoms with Gasteiger partial charge < -0.3 is 19.8 Å². The van der Waals surface area contributed by atoms with E-state index in [1.54, 1.807) is 18.2 Å². The van der Waals surface area contributed by atoms with Gasteiger partial charge in [-0.05, 0) is 42.0 Å². The minimum atomic E-state index is -1.14. The molecule has 3 heterocycles. The van der Waals surface area contributed by atoms with Gasteiger partial charge in [-0.25, -0.2) is 13.8 Å². The number of likely N-dealkylation sites (N-methyl/N-ethyl adjacent to an activating group) is 1. The number of hydrogen-bond acceptors (Lipinski definition) is 8. The van der Waals surface area contributed by atoms with Crippen molar-refractivity contribution in [3.05, 3.63) is 82.9 Å². The SMILES string of the molecule is CN1CCOc2ccc(/C(O)=C3\C(=O)C(=O)N(c4nc5c(F)cc(F)cc5s4)C3c3ccc(O)cc3)cc21. The standard InChI is InChI=1S/C27H19F2N3O5S/c1-31-8-9-37-19-7-4-14(10-18(19)31)24(34)21-23(13-2-5-16(33)6-3-13)32(26(36)25(21)35)27-30-22-17(29)11-15(28)12-20(22)38-27/h2-7,10-12,23,33-34H,8-9H2,1H3/b24-21+. The summed E-state index contributed by atoms with van der Waals surface area (Å²) in [6, 6.07) is 11.4. The number of aromatic hydroxyl groups is 1. The van der Waals surface area contributed by atoms with Crippen LogP contribution in [-0.4, -0.2) is 47.1 Å². The highest BCUT2D eigenvalue weighted by Gasteiger charge is 2.48. The Balaban J connectivity index is 1.55. The third-order valence-electron chi connectivity index (χ3n) is 6.59. The van der Waals surface area contributed by atoms with Gasteiger partial charge in [-0.1, -0.05) is 23.5 Å². The first-order valence-electron chi connectivity index (χ1n) is 11.6. The van der Waals surface area contributed by atoms with Gasteiger partial charge in [0, 0.05) is 18.7 Å². The molecule has 3 aromatic carbocycles. The van der Waals surface area contributed by atoms with E-state index in [1.165, 1.54) is 24.3 Å². The fraction of sp³-hybridized carbons (Fsp3) is 0.148. The molecule has 0 bridgehead atoms. The van der Waals surface area contributed by atoms with E-state index in [0.29, 0.717) is 41.8 Å². The van der Waals surface area contributed by atoms with Crippen LogP contribution in [0.1, 0.15) is 17.2 Å². The number of phenols is 1. The molecule has 1 fully saturated rings. The number of aliphatic hydroxyl groups is 1. The first kappa shape index (κ1) is 23.9. The summed E-state index contributed by atoms with van der Waals surface area (Å²) in [5.41, 5.74) is 1.05. The first-order valence-corrected chi connectivity index (χ1v) is 12.4. The van der Waals surface area contributed by atoms with Crippen LogP contribution in [0.5, 0.6) is 11.5 Å². The zero-order chi connectivity index (χ0) is 26.7. The largest absolute Gasteiger partial charge is 0.508 e. The van der Waals surface area contributed by atoms with Gasteiger partial charge in [-0.3, -0.25) is 14.5 Å². The second kappa shape index (κ2) is 8.80. The Kier molecular flexibility index (Phi) is 5.53. The third kappa shape index (κ3) is 3.74. The van der Waals surface area contributed by atoms with Crippen LogP contribution in [0.2, 0.25) is 0 Å². The number of nitrogens with zero attached hydrogens (tertiary/aromatic N) is 3. The van der Waals surface area contributed by atoms with Crippen molar-refractivity contribution >= 4 is 49.8 Å². The number of ether oxygens (including phenoxy) is 1. The molecule has 0 saturated carbocycles. The number of carbonyl (C=O) groups is 2. The fourth-order valence-electron chi connectivity index (χ4n) is 4.70. The second-order valence-corrected chi connectivity index (χ2v) is 9.95. The predicted molar refractivity (Wildman–Crippen MR) is 138 cm³/mol. The number of Topliss-reactive ketones (excluding diaryl/α,β-unsaturated/α-hetero) is 1. The number of phenolic OH excluding ortho intramolecular Hbond substituents is 1. The summed E-state index contributed by atoms with van der Waals surface area (Å²) in [5, 5.41) is 21.2. The molecule has 0 radical (unpaired) electrons. The van der Waals surface area contributed by atoms with E-state index in [2.05, 4.69) is 4.98 Å². The topological polar surface area (TPSA) is 103 Å². The number of amides is 1. The number of ketones is 1. The normalized spacial score (nSPS) is 18.7. The number of anilines is 2. The van der Waals surface area contributed by atoms with Crippen molar-refractivity contribution in [2.45, 2.75) is 6.04 Å². The lowest BCUT2D eigenvalue weighted by Crippen LogP contribution is -2.29. The molecule has 11 heteroatoms. The van der Waals surface area contributed by atoms with Crippen molar-refractivity contribution in [1.29, 1.82) is 0 Å². The van der Waals surface area contributed by atoms with Crippen LogP contribution in [0.15, 0.2) is 60.2 Å².